The number of furan rings is 1. The summed E-state index contributed by atoms with van der Waals surface area (Å²) in [4.78, 5) is 23.2. The molecule has 0 radical (unpaired) electrons. The quantitative estimate of drug-likeness (QED) is 0.882. The van der Waals surface area contributed by atoms with Gasteiger partial charge in [0.1, 0.15) is 5.76 Å². The van der Waals surface area contributed by atoms with E-state index in [1.165, 1.54) is 12.3 Å². The summed E-state index contributed by atoms with van der Waals surface area (Å²) in [6.45, 7) is 3.71. The van der Waals surface area contributed by atoms with E-state index in [0.717, 1.165) is 6.42 Å². The molecule has 2 N–H and O–H groups in total. The number of aromatic carboxylic acids is 1. The molecule has 1 aromatic carbocycles. The molecule has 110 valence electrons. The minimum atomic E-state index is -0.981. The third kappa shape index (κ3) is 3.31. The van der Waals surface area contributed by atoms with Crippen molar-refractivity contribution in [2.24, 2.45) is 0 Å². The average Bonchev–Trinajstić information content (AvgIpc) is 2.87. The van der Waals surface area contributed by atoms with E-state index in [4.69, 9.17) is 9.52 Å². The van der Waals surface area contributed by atoms with Crippen LogP contribution in [0.3, 0.4) is 0 Å². The van der Waals surface area contributed by atoms with Gasteiger partial charge in [0.15, 0.2) is 0 Å². The second-order valence-electron chi connectivity index (χ2n) is 4.80. The van der Waals surface area contributed by atoms with E-state index in [9.17, 15) is 9.59 Å². The minimum absolute atomic E-state index is 0.225. The van der Waals surface area contributed by atoms with E-state index >= 15 is 0 Å². The van der Waals surface area contributed by atoms with Crippen LogP contribution >= 0.6 is 0 Å². The lowest BCUT2D eigenvalue weighted by Gasteiger charge is -2.08. The van der Waals surface area contributed by atoms with Gasteiger partial charge < -0.3 is 14.8 Å². The zero-order valence-corrected chi connectivity index (χ0v) is 12.0. The molecule has 2 aromatic rings. The van der Waals surface area contributed by atoms with Crippen LogP contribution in [0.25, 0.3) is 0 Å². The molecule has 0 atom stereocenters. The Hall–Kier alpha value is -2.56. The fourth-order valence-electron chi connectivity index (χ4n) is 2.14. The van der Waals surface area contributed by atoms with Crippen LogP contribution in [0.2, 0.25) is 0 Å². The summed E-state index contributed by atoms with van der Waals surface area (Å²) in [6, 6.07) is 6.34. The Morgan fingerprint density at radius 2 is 2.00 bits per heavy atom. The van der Waals surface area contributed by atoms with Crippen molar-refractivity contribution in [3.05, 3.63) is 53.0 Å². The van der Waals surface area contributed by atoms with E-state index in [-0.39, 0.29) is 11.5 Å². The minimum Gasteiger partial charge on any atom is -0.478 e. The highest BCUT2D eigenvalue weighted by Crippen LogP contribution is 2.18. The first-order valence-electron chi connectivity index (χ1n) is 6.74. The number of hydrogen-bond acceptors (Lipinski definition) is 3. The Kier molecular flexibility index (Phi) is 4.42. The number of carbonyl (C=O) groups excluding carboxylic acids is 1. The van der Waals surface area contributed by atoms with Gasteiger partial charge in [0.05, 0.1) is 17.4 Å². The van der Waals surface area contributed by atoms with E-state index in [0.29, 0.717) is 29.0 Å². The highest BCUT2D eigenvalue weighted by molar-refractivity contribution is 6.05. The third-order valence-corrected chi connectivity index (χ3v) is 3.18. The molecule has 0 aliphatic carbocycles. The van der Waals surface area contributed by atoms with Gasteiger partial charge in [0.2, 0.25) is 0 Å². The number of nitrogens with one attached hydrogen (secondary N) is 1. The summed E-state index contributed by atoms with van der Waals surface area (Å²) in [7, 11) is 0. The number of hydrogen-bond donors (Lipinski definition) is 2. The molecule has 2 rings (SSSR count). The Balaban J connectivity index is 2.18. The van der Waals surface area contributed by atoms with E-state index in [2.05, 4.69) is 5.32 Å². The van der Waals surface area contributed by atoms with Crippen LogP contribution in [0.5, 0.6) is 0 Å². The van der Waals surface area contributed by atoms with Crippen LogP contribution < -0.4 is 5.32 Å². The number of carboxylic acids is 1. The van der Waals surface area contributed by atoms with Crippen molar-refractivity contribution in [3.8, 4) is 0 Å². The van der Waals surface area contributed by atoms with Gasteiger partial charge in [-0.25, -0.2) is 4.79 Å². The number of rotatable bonds is 5. The molecule has 0 spiro atoms. The average molecular weight is 287 g/mol. The summed E-state index contributed by atoms with van der Waals surface area (Å²) < 4.78 is 5.30. The van der Waals surface area contributed by atoms with Gasteiger partial charge in [-0.3, -0.25) is 4.79 Å². The summed E-state index contributed by atoms with van der Waals surface area (Å²) in [5.74, 6) is -0.575. The van der Waals surface area contributed by atoms with Crippen LogP contribution in [0.1, 0.15) is 45.4 Å². The molecule has 1 aromatic heterocycles. The maximum absolute atomic E-state index is 12.2. The molecule has 0 bridgehead atoms. The summed E-state index contributed by atoms with van der Waals surface area (Å²) in [5, 5.41) is 11.7. The lowest BCUT2D eigenvalue weighted by molar-refractivity contribution is 0.0696. The second-order valence-corrected chi connectivity index (χ2v) is 4.80. The second kappa shape index (κ2) is 6.26. The number of anilines is 1. The maximum atomic E-state index is 12.2. The van der Waals surface area contributed by atoms with Gasteiger partial charge in [-0.1, -0.05) is 6.92 Å². The van der Waals surface area contributed by atoms with Crippen LogP contribution in [-0.4, -0.2) is 17.0 Å². The van der Waals surface area contributed by atoms with Crippen molar-refractivity contribution in [1.29, 1.82) is 0 Å². The van der Waals surface area contributed by atoms with Crippen LogP contribution in [0.4, 0.5) is 5.69 Å². The summed E-state index contributed by atoms with van der Waals surface area (Å²) in [6.07, 6.45) is 3.09. The summed E-state index contributed by atoms with van der Waals surface area (Å²) in [5.41, 5.74) is 1.90. The van der Waals surface area contributed by atoms with Gasteiger partial charge in [-0.05, 0) is 43.2 Å². The van der Waals surface area contributed by atoms with Crippen molar-refractivity contribution in [1.82, 2.24) is 0 Å². The molecular formula is C16H17NO4. The lowest BCUT2D eigenvalue weighted by atomic mass is 10.1. The predicted octanol–water partition coefficient (Wildman–Crippen LogP) is 3.49. The highest BCUT2D eigenvalue weighted by Gasteiger charge is 2.15. The Labute approximate surface area is 122 Å². The topological polar surface area (TPSA) is 79.5 Å². The van der Waals surface area contributed by atoms with Gasteiger partial charge in [-0.2, -0.15) is 0 Å². The van der Waals surface area contributed by atoms with Crippen molar-refractivity contribution >= 4 is 17.6 Å². The largest absolute Gasteiger partial charge is 0.478 e. The van der Waals surface area contributed by atoms with Crippen molar-refractivity contribution in [2.45, 2.75) is 26.7 Å². The third-order valence-electron chi connectivity index (χ3n) is 3.18. The van der Waals surface area contributed by atoms with Gasteiger partial charge in [0, 0.05) is 12.1 Å². The monoisotopic (exact) mass is 287 g/mol. The molecule has 21 heavy (non-hydrogen) atoms. The Bertz CT molecular complexity index is 673. The molecule has 0 unspecified atom stereocenters. The first-order valence-corrected chi connectivity index (χ1v) is 6.74. The Morgan fingerprint density at radius 1 is 1.24 bits per heavy atom. The normalized spacial score (nSPS) is 10.4. The molecule has 1 heterocycles. The molecule has 0 saturated carbocycles. The number of carbonyl (C=O) groups is 2. The standard InChI is InChI=1S/C16H17NO4/c1-3-4-14-13(7-8-21-14)15(18)17-11-5-6-12(16(19)20)10(2)9-11/h5-9H,3-4H2,1-2H3,(H,17,18)(H,19,20). The van der Waals surface area contributed by atoms with Gasteiger partial charge in [0.25, 0.3) is 5.91 Å². The number of aryl methyl sites for hydroxylation is 2. The lowest BCUT2D eigenvalue weighted by Crippen LogP contribution is -2.13. The smallest absolute Gasteiger partial charge is 0.335 e. The van der Waals surface area contributed by atoms with E-state index in [1.54, 1.807) is 25.1 Å². The van der Waals surface area contributed by atoms with Crippen LogP contribution in [0, 0.1) is 6.92 Å². The fourth-order valence-corrected chi connectivity index (χ4v) is 2.14. The first-order chi connectivity index (χ1) is 10.0. The number of amides is 1. The highest BCUT2D eigenvalue weighted by atomic mass is 16.4. The number of benzene rings is 1. The molecule has 5 heteroatoms. The van der Waals surface area contributed by atoms with Gasteiger partial charge >= 0.3 is 5.97 Å². The zero-order chi connectivity index (χ0) is 15.4. The van der Waals surface area contributed by atoms with E-state index < -0.39 is 5.97 Å². The molecular weight excluding hydrogens is 270 g/mol. The maximum Gasteiger partial charge on any atom is 0.335 e. The molecule has 0 saturated heterocycles. The van der Waals surface area contributed by atoms with Crippen LogP contribution in [0.15, 0.2) is 34.9 Å². The predicted molar refractivity (Wildman–Crippen MR) is 78.8 cm³/mol. The van der Waals surface area contributed by atoms with E-state index in [1.807, 2.05) is 6.92 Å². The summed E-state index contributed by atoms with van der Waals surface area (Å²) >= 11 is 0. The van der Waals surface area contributed by atoms with Crippen LogP contribution in [-0.2, 0) is 6.42 Å². The number of carboxylic acid groups (broad SMARTS) is 1. The Morgan fingerprint density at radius 3 is 2.62 bits per heavy atom. The first kappa shape index (κ1) is 14.8. The molecule has 1 amide bonds. The SMILES string of the molecule is CCCc1occc1C(=O)Nc1ccc(C(=O)O)c(C)c1. The molecule has 0 aliphatic rings. The van der Waals surface area contributed by atoms with Crippen molar-refractivity contribution in [3.63, 3.8) is 0 Å². The van der Waals surface area contributed by atoms with Gasteiger partial charge in [-0.15, -0.1) is 0 Å². The van der Waals surface area contributed by atoms with Crippen molar-refractivity contribution in [2.75, 3.05) is 5.32 Å². The molecule has 5 nitrogen and oxygen atoms in total. The van der Waals surface area contributed by atoms with Crippen molar-refractivity contribution < 1.29 is 19.1 Å². The fraction of sp³-hybridized carbons (Fsp3) is 0.250. The molecule has 0 aliphatic heterocycles. The molecule has 0 fully saturated rings. The zero-order valence-electron chi connectivity index (χ0n) is 12.0.